The zero-order chi connectivity index (χ0) is 10.1. The van der Waals surface area contributed by atoms with Gasteiger partial charge in [0.05, 0.1) is 4.83 Å². The predicted molar refractivity (Wildman–Crippen MR) is 61.2 cm³/mol. The molecule has 1 atom stereocenters. The van der Waals surface area contributed by atoms with Crippen molar-refractivity contribution >= 4 is 33.3 Å². The Hall–Kier alpha value is -0.340. The van der Waals surface area contributed by atoms with E-state index in [1.165, 1.54) is 0 Å². The molecular formula is C11H10BrClO. The van der Waals surface area contributed by atoms with Crippen molar-refractivity contribution in [3.63, 3.8) is 0 Å². The number of benzene rings is 1. The molecule has 0 amide bonds. The van der Waals surface area contributed by atoms with E-state index in [2.05, 4.69) is 15.9 Å². The molecule has 0 bridgehead atoms. The van der Waals surface area contributed by atoms with Gasteiger partial charge in [0.15, 0.2) is 5.78 Å². The van der Waals surface area contributed by atoms with Crippen LogP contribution in [0.2, 0.25) is 5.02 Å². The van der Waals surface area contributed by atoms with Crippen molar-refractivity contribution in [2.24, 2.45) is 5.92 Å². The van der Waals surface area contributed by atoms with Gasteiger partial charge in [-0.05, 0) is 43.0 Å². The molecule has 0 aliphatic heterocycles. The van der Waals surface area contributed by atoms with Gasteiger partial charge in [0.1, 0.15) is 0 Å². The van der Waals surface area contributed by atoms with Crippen LogP contribution in [0.4, 0.5) is 0 Å². The van der Waals surface area contributed by atoms with Crippen LogP contribution in [0.5, 0.6) is 0 Å². The van der Waals surface area contributed by atoms with Crippen LogP contribution in [0.25, 0.3) is 0 Å². The van der Waals surface area contributed by atoms with Gasteiger partial charge in [0, 0.05) is 10.6 Å². The topological polar surface area (TPSA) is 17.1 Å². The van der Waals surface area contributed by atoms with Crippen LogP contribution >= 0.6 is 27.5 Å². The SMILES string of the molecule is O=C(c1ccc(Cl)cc1)[C@H](Br)C1CC1. The summed E-state index contributed by atoms with van der Waals surface area (Å²) in [6.07, 6.45) is 2.32. The van der Waals surface area contributed by atoms with E-state index < -0.39 is 0 Å². The van der Waals surface area contributed by atoms with Gasteiger partial charge in [-0.2, -0.15) is 0 Å². The fourth-order valence-electron chi connectivity index (χ4n) is 1.38. The molecule has 1 fully saturated rings. The van der Waals surface area contributed by atoms with Crippen molar-refractivity contribution in [2.75, 3.05) is 0 Å². The maximum Gasteiger partial charge on any atom is 0.176 e. The highest BCUT2D eigenvalue weighted by Gasteiger charge is 2.34. The number of rotatable bonds is 3. The van der Waals surface area contributed by atoms with Crippen molar-refractivity contribution in [1.82, 2.24) is 0 Å². The van der Waals surface area contributed by atoms with Gasteiger partial charge in [-0.25, -0.2) is 0 Å². The minimum absolute atomic E-state index is 0.0105. The lowest BCUT2D eigenvalue weighted by Gasteiger charge is -2.06. The lowest BCUT2D eigenvalue weighted by molar-refractivity contribution is 0.0985. The van der Waals surface area contributed by atoms with E-state index >= 15 is 0 Å². The first-order valence-corrected chi connectivity index (χ1v) is 5.91. The number of ketones is 1. The molecule has 0 saturated heterocycles. The van der Waals surface area contributed by atoms with Crippen LogP contribution in [0.15, 0.2) is 24.3 Å². The fraction of sp³-hybridized carbons (Fsp3) is 0.364. The number of hydrogen-bond acceptors (Lipinski definition) is 1. The van der Waals surface area contributed by atoms with Gasteiger partial charge in [0.2, 0.25) is 0 Å². The summed E-state index contributed by atoms with van der Waals surface area (Å²) >= 11 is 9.19. The summed E-state index contributed by atoms with van der Waals surface area (Å²) < 4.78 is 0. The van der Waals surface area contributed by atoms with E-state index in [-0.39, 0.29) is 10.6 Å². The molecule has 74 valence electrons. The molecule has 0 radical (unpaired) electrons. The molecule has 0 heterocycles. The fourth-order valence-corrected chi connectivity index (χ4v) is 2.30. The maximum absolute atomic E-state index is 11.8. The highest BCUT2D eigenvalue weighted by molar-refractivity contribution is 9.10. The van der Waals surface area contributed by atoms with Crippen LogP contribution in [0.3, 0.4) is 0 Å². The quantitative estimate of drug-likeness (QED) is 0.606. The van der Waals surface area contributed by atoms with Crippen molar-refractivity contribution < 1.29 is 4.79 Å². The second-order valence-electron chi connectivity index (χ2n) is 3.61. The Morgan fingerprint density at radius 3 is 2.43 bits per heavy atom. The Morgan fingerprint density at radius 1 is 1.36 bits per heavy atom. The van der Waals surface area contributed by atoms with Crippen LogP contribution in [-0.4, -0.2) is 10.6 Å². The average molecular weight is 274 g/mol. The maximum atomic E-state index is 11.8. The van der Waals surface area contributed by atoms with Gasteiger partial charge in [-0.1, -0.05) is 27.5 Å². The molecular weight excluding hydrogens is 263 g/mol. The van der Waals surface area contributed by atoms with Crippen LogP contribution in [-0.2, 0) is 0 Å². The van der Waals surface area contributed by atoms with Crippen LogP contribution in [0.1, 0.15) is 23.2 Å². The molecule has 3 heteroatoms. The highest BCUT2D eigenvalue weighted by atomic mass is 79.9. The summed E-state index contributed by atoms with van der Waals surface area (Å²) in [7, 11) is 0. The first-order chi connectivity index (χ1) is 6.68. The predicted octanol–water partition coefficient (Wildman–Crippen LogP) is 3.70. The van der Waals surface area contributed by atoms with E-state index in [1.807, 2.05) is 0 Å². The lowest BCUT2D eigenvalue weighted by atomic mass is 10.1. The van der Waals surface area contributed by atoms with Crippen LogP contribution in [0, 0.1) is 5.92 Å². The second kappa shape index (κ2) is 4.03. The van der Waals surface area contributed by atoms with E-state index in [0.29, 0.717) is 10.9 Å². The number of halogens is 2. The van der Waals surface area contributed by atoms with Gasteiger partial charge < -0.3 is 0 Å². The van der Waals surface area contributed by atoms with E-state index in [1.54, 1.807) is 24.3 Å². The molecule has 1 aromatic rings. The molecule has 0 spiro atoms. The first kappa shape index (κ1) is 10.2. The van der Waals surface area contributed by atoms with Crippen molar-refractivity contribution in [3.8, 4) is 0 Å². The Kier molecular flexibility index (Phi) is 2.93. The summed E-state index contributed by atoms with van der Waals surface area (Å²) in [6, 6.07) is 7.06. The third-order valence-electron chi connectivity index (χ3n) is 2.42. The molecule has 1 saturated carbocycles. The van der Waals surface area contributed by atoms with Crippen LogP contribution < -0.4 is 0 Å². The molecule has 1 aromatic carbocycles. The Labute approximate surface area is 96.6 Å². The third-order valence-corrected chi connectivity index (χ3v) is 3.83. The Bertz CT molecular complexity index is 343. The number of carbonyl (C=O) groups excluding carboxylic acids is 1. The van der Waals surface area contributed by atoms with Crippen molar-refractivity contribution in [3.05, 3.63) is 34.9 Å². The van der Waals surface area contributed by atoms with E-state index in [0.717, 1.165) is 18.4 Å². The lowest BCUT2D eigenvalue weighted by Crippen LogP contribution is -2.15. The number of Topliss-reactive ketones (excluding diaryl/α,β-unsaturated/α-hetero) is 1. The van der Waals surface area contributed by atoms with Gasteiger partial charge in [-0.3, -0.25) is 4.79 Å². The number of hydrogen-bond donors (Lipinski definition) is 0. The molecule has 1 aliphatic rings. The molecule has 2 rings (SSSR count). The third kappa shape index (κ3) is 2.18. The Balaban J connectivity index is 2.13. The largest absolute Gasteiger partial charge is 0.293 e. The minimum Gasteiger partial charge on any atom is -0.293 e. The molecule has 0 unspecified atom stereocenters. The van der Waals surface area contributed by atoms with E-state index in [4.69, 9.17) is 11.6 Å². The zero-order valence-corrected chi connectivity index (χ0v) is 9.88. The number of alkyl halides is 1. The zero-order valence-electron chi connectivity index (χ0n) is 7.54. The average Bonchev–Trinajstić information content (AvgIpc) is 3.00. The highest BCUT2D eigenvalue weighted by Crippen LogP contribution is 2.38. The summed E-state index contributed by atoms with van der Waals surface area (Å²) in [5.41, 5.74) is 0.739. The molecule has 1 nitrogen and oxygen atoms in total. The Morgan fingerprint density at radius 2 is 1.93 bits per heavy atom. The first-order valence-electron chi connectivity index (χ1n) is 4.62. The molecule has 0 aromatic heterocycles. The summed E-state index contributed by atoms with van der Waals surface area (Å²) in [5, 5.41) is 0.666. The van der Waals surface area contributed by atoms with Gasteiger partial charge >= 0.3 is 0 Å². The van der Waals surface area contributed by atoms with Gasteiger partial charge in [-0.15, -0.1) is 0 Å². The van der Waals surface area contributed by atoms with Crippen molar-refractivity contribution in [2.45, 2.75) is 17.7 Å². The van der Waals surface area contributed by atoms with Gasteiger partial charge in [0.25, 0.3) is 0 Å². The second-order valence-corrected chi connectivity index (χ2v) is 5.03. The smallest absolute Gasteiger partial charge is 0.176 e. The molecule has 0 N–H and O–H groups in total. The monoisotopic (exact) mass is 272 g/mol. The minimum atomic E-state index is -0.0105. The summed E-state index contributed by atoms with van der Waals surface area (Å²) in [5.74, 6) is 0.711. The normalized spacial score (nSPS) is 17.9. The van der Waals surface area contributed by atoms with Crippen molar-refractivity contribution in [1.29, 1.82) is 0 Å². The van der Waals surface area contributed by atoms with E-state index in [9.17, 15) is 4.79 Å². The summed E-state index contributed by atoms with van der Waals surface area (Å²) in [6.45, 7) is 0. The number of carbonyl (C=O) groups is 1. The standard InChI is InChI=1S/C11H10BrClO/c12-10(7-1-2-7)11(14)8-3-5-9(13)6-4-8/h3-7,10H,1-2H2/t10-/m1/s1. The summed E-state index contributed by atoms with van der Waals surface area (Å²) in [4.78, 5) is 11.8. The molecule has 14 heavy (non-hydrogen) atoms. The molecule has 1 aliphatic carbocycles.